The Balaban J connectivity index is 1.80. The third-order valence-electron chi connectivity index (χ3n) is 4.82. The van der Waals surface area contributed by atoms with Crippen LogP contribution in [0, 0.1) is 0 Å². The van der Waals surface area contributed by atoms with Crippen molar-refractivity contribution >= 4 is 0 Å². The smallest absolute Gasteiger partial charge is 0.0525 e. The van der Waals surface area contributed by atoms with Crippen LogP contribution < -0.4 is 0 Å². The Morgan fingerprint density at radius 3 is 2.84 bits per heavy atom. The van der Waals surface area contributed by atoms with Gasteiger partial charge in [-0.1, -0.05) is 13.8 Å². The molecular weight excluding hydrogens is 234 g/mol. The Bertz CT molecular complexity index is 418. The number of aryl methyl sites for hydroxylation is 1. The average molecular weight is 261 g/mol. The number of rotatable bonds is 5. The summed E-state index contributed by atoms with van der Waals surface area (Å²) in [5, 5.41) is 4.60. The van der Waals surface area contributed by atoms with E-state index in [0.29, 0.717) is 0 Å². The van der Waals surface area contributed by atoms with Gasteiger partial charge in [0.05, 0.1) is 6.20 Å². The Morgan fingerprint density at radius 2 is 2.11 bits per heavy atom. The van der Waals surface area contributed by atoms with E-state index in [1.807, 2.05) is 0 Å². The summed E-state index contributed by atoms with van der Waals surface area (Å²) in [5.74, 6) is 0.779. The first kappa shape index (κ1) is 13.2. The molecule has 0 aromatic carbocycles. The van der Waals surface area contributed by atoms with Gasteiger partial charge < -0.3 is 4.90 Å². The van der Waals surface area contributed by atoms with Crippen molar-refractivity contribution in [2.75, 3.05) is 13.1 Å². The van der Waals surface area contributed by atoms with E-state index in [9.17, 15) is 0 Å². The van der Waals surface area contributed by atoms with Gasteiger partial charge in [-0.05, 0) is 57.2 Å². The molecule has 3 heteroatoms. The number of hydrogen-bond acceptors (Lipinski definition) is 2. The molecule has 106 valence electrons. The quantitative estimate of drug-likeness (QED) is 0.811. The van der Waals surface area contributed by atoms with Crippen molar-refractivity contribution < 1.29 is 0 Å². The van der Waals surface area contributed by atoms with Crippen LogP contribution in [-0.4, -0.2) is 33.8 Å². The first-order valence-corrected chi connectivity index (χ1v) is 8.12. The molecule has 0 saturated heterocycles. The van der Waals surface area contributed by atoms with E-state index < -0.39 is 0 Å². The Morgan fingerprint density at radius 1 is 1.32 bits per heavy atom. The van der Waals surface area contributed by atoms with Gasteiger partial charge in [0.2, 0.25) is 0 Å². The maximum atomic E-state index is 4.60. The molecule has 0 spiro atoms. The zero-order valence-corrected chi connectivity index (χ0v) is 12.4. The number of hydrogen-bond donors (Lipinski definition) is 0. The lowest BCUT2D eigenvalue weighted by atomic mass is 9.80. The summed E-state index contributed by atoms with van der Waals surface area (Å²) in [6.07, 6.45) is 9.97. The summed E-state index contributed by atoms with van der Waals surface area (Å²) in [5.41, 5.74) is 3.12. The second kappa shape index (κ2) is 5.66. The van der Waals surface area contributed by atoms with E-state index >= 15 is 0 Å². The van der Waals surface area contributed by atoms with E-state index in [-0.39, 0.29) is 0 Å². The van der Waals surface area contributed by atoms with E-state index in [0.717, 1.165) is 18.5 Å². The van der Waals surface area contributed by atoms with Gasteiger partial charge >= 0.3 is 0 Å². The Labute approximate surface area is 117 Å². The van der Waals surface area contributed by atoms with Crippen molar-refractivity contribution in [1.82, 2.24) is 14.7 Å². The molecule has 0 saturated carbocycles. The van der Waals surface area contributed by atoms with Gasteiger partial charge in [-0.25, -0.2) is 0 Å². The van der Waals surface area contributed by atoms with Gasteiger partial charge in [0.1, 0.15) is 0 Å². The Hall–Kier alpha value is -0.830. The van der Waals surface area contributed by atoms with Gasteiger partial charge in [-0.15, -0.1) is 0 Å². The molecule has 1 aromatic heterocycles. The SMILES string of the molecule is CCCN(CCC)[C@@H]1Cc2cnn3c2[C@H](CCC3)C1. The van der Waals surface area contributed by atoms with Gasteiger partial charge in [-0.2, -0.15) is 5.10 Å². The van der Waals surface area contributed by atoms with Crippen molar-refractivity contribution in [2.45, 2.75) is 70.9 Å². The summed E-state index contributed by atoms with van der Waals surface area (Å²) in [4.78, 5) is 2.73. The highest BCUT2D eigenvalue weighted by Crippen LogP contribution is 2.39. The molecule has 0 amide bonds. The summed E-state index contributed by atoms with van der Waals surface area (Å²) in [6, 6.07) is 0.758. The number of aromatic nitrogens is 2. The first-order chi connectivity index (χ1) is 9.33. The fourth-order valence-corrected chi connectivity index (χ4v) is 4.09. The predicted molar refractivity (Wildman–Crippen MR) is 78.5 cm³/mol. The van der Waals surface area contributed by atoms with Crippen LogP contribution in [0.25, 0.3) is 0 Å². The fourth-order valence-electron chi connectivity index (χ4n) is 4.09. The van der Waals surface area contributed by atoms with Crippen LogP contribution in [0.3, 0.4) is 0 Å². The molecule has 2 heterocycles. The van der Waals surface area contributed by atoms with Crippen LogP contribution in [0.1, 0.15) is 63.1 Å². The molecule has 0 fully saturated rings. The van der Waals surface area contributed by atoms with Crippen LogP contribution in [0.2, 0.25) is 0 Å². The lowest BCUT2D eigenvalue weighted by Crippen LogP contribution is -2.42. The van der Waals surface area contributed by atoms with Crippen molar-refractivity contribution in [3.8, 4) is 0 Å². The summed E-state index contributed by atoms with van der Waals surface area (Å²) >= 11 is 0. The van der Waals surface area contributed by atoms with Gasteiger partial charge in [0.15, 0.2) is 0 Å². The number of nitrogens with zero attached hydrogens (tertiary/aromatic N) is 3. The minimum Gasteiger partial charge on any atom is -0.300 e. The van der Waals surface area contributed by atoms with E-state index in [2.05, 4.69) is 34.7 Å². The molecule has 1 aliphatic heterocycles. The molecule has 2 aliphatic rings. The minimum absolute atomic E-state index is 0.758. The van der Waals surface area contributed by atoms with Gasteiger partial charge in [0, 0.05) is 24.2 Å². The van der Waals surface area contributed by atoms with Crippen LogP contribution >= 0.6 is 0 Å². The molecule has 1 aromatic rings. The van der Waals surface area contributed by atoms with Crippen molar-refractivity contribution in [1.29, 1.82) is 0 Å². The lowest BCUT2D eigenvalue weighted by Gasteiger charge is -2.39. The van der Waals surface area contributed by atoms with Gasteiger partial charge in [-0.3, -0.25) is 4.68 Å². The molecular formula is C16H27N3. The molecule has 0 N–H and O–H groups in total. The van der Waals surface area contributed by atoms with E-state index in [4.69, 9.17) is 0 Å². The third kappa shape index (κ3) is 2.45. The van der Waals surface area contributed by atoms with Crippen LogP contribution in [0.4, 0.5) is 0 Å². The minimum atomic E-state index is 0.758. The molecule has 0 radical (unpaired) electrons. The van der Waals surface area contributed by atoms with Crippen molar-refractivity contribution in [3.63, 3.8) is 0 Å². The highest BCUT2D eigenvalue weighted by molar-refractivity contribution is 5.28. The molecule has 1 aliphatic carbocycles. The monoisotopic (exact) mass is 261 g/mol. The zero-order valence-electron chi connectivity index (χ0n) is 12.4. The normalized spacial score (nSPS) is 25.6. The first-order valence-electron chi connectivity index (χ1n) is 8.12. The highest BCUT2D eigenvalue weighted by atomic mass is 15.3. The second-order valence-corrected chi connectivity index (χ2v) is 6.25. The maximum Gasteiger partial charge on any atom is 0.0525 e. The molecule has 3 rings (SSSR count). The molecule has 3 nitrogen and oxygen atoms in total. The average Bonchev–Trinajstić information content (AvgIpc) is 2.84. The highest BCUT2D eigenvalue weighted by Gasteiger charge is 2.34. The largest absolute Gasteiger partial charge is 0.300 e. The molecule has 0 bridgehead atoms. The second-order valence-electron chi connectivity index (χ2n) is 6.25. The molecule has 2 atom stereocenters. The predicted octanol–water partition coefficient (Wildman–Crippen LogP) is 3.20. The van der Waals surface area contributed by atoms with Crippen LogP contribution in [-0.2, 0) is 13.0 Å². The molecule has 0 unspecified atom stereocenters. The lowest BCUT2D eigenvalue weighted by molar-refractivity contribution is 0.162. The summed E-state index contributed by atoms with van der Waals surface area (Å²) in [6.45, 7) is 8.26. The van der Waals surface area contributed by atoms with E-state index in [1.54, 1.807) is 5.69 Å². The Kier molecular flexibility index (Phi) is 3.92. The van der Waals surface area contributed by atoms with Crippen LogP contribution in [0.5, 0.6) is 0 Å². The third-order valence-corrected chi connectivity index (χ3v) is 4.82. The topological polar surface area (TPSA) is 21.1 Å². The van der Waals surface area contributed by atoms with Crippen molar-refractivity contribution in [3.05, 3.63) is 17.5 Å². The fraction of sp³-hybridized carbons (Fsp3) is 0.812. The van der Waals surface area contributed by atoms with E-state index in [1.165, 1.54) is 57.2 Å². The maximum absolute atomic E-state index is 4.60. The molecule has 19 heavy (non-hydrogen) atoms. The summed E-state index contributed by atoms with van der Waals surface area (Å²) < 4.78 is 2.28. The van der Waals surface area contributed by atoms with Gasteiger partial charge in [0.25, 0.3) is 0 Å². The van der Waals surface area contributed by atoms with Crippen molar-refractivity contribution in [2.24, 2.45) is 0 Å². The standard InChI is InChI=1S/C16H27N3/c1-3-7-18(8-4-2)15-10-13-6-5-9-19-16(13)14(11-15)12-17-19/h12-13,15H,3-11H2,1-2H3/t13-,15+/m1/s1. The van der Waals surface area contributed by atoms with Crippen LogP contribution in [0.15, 0.2) is 6.20 Å². The summed E-state index contributed by atoms with van der Waals surface area (Å²) in [7, 11) is 0. The zero-order chi connectivity index (χ0) is 13.2.